The second kappa shape index (κ2) is 5.68. The van der Waals surface area contributed by atoms with Crippen molar-refractivity contribution in [3.8, 4) is 0 Å². The van der Waals surface area contributed by atoms with Crippen LogP contribution in [0.4, 0.5) is 0 Å². The van der Waals surface area contributed by atoms with E-state index < -0.39 is 12.0 Å². The highest BCUT2D eigenvalue weighted by molar-refractivity contribution is 6.31. The monoisotopic (exact) mass is 255 g/mol. The third kappa shape index (κ3) is 4.07. The molecule has 92 valence electrons. The number of aryl methyl sites for hydroxylation is 1. The van der Waals surface area contributed by atoms with Crippen LogP contribution in [0, 0.1) is 6.92 Å². The number of hydrogen-bond donors (Lipinski definition) is 2. The summed E-state index contributed by atoms with van der Waals surface area (Å²) in [5.74, 6) is -1.45. The molecule has 0 bridgehead atoms. The molecule has 0 fully saturated rings. The van der Waals surface area contributed by atoms with Crippen LogP contribution in [0.2, 0.25) is 5.02 Å². The van der Waals surface area contributed by atoms with Crippen LogP contribution in [0.15, 0.2) is 18.2 Å². The van der Waals surface area contributed by atoms with Gasteiger partial charge in [0, 0.05) is 18.4 Å². The first kappa shape index (κ1) is 13.5. The Morgan fingerprint density at radius 1 is 1.47 bits per heavy atom. The zero-order valence-corrected chi connectivity index (χ0v) is 10.4. The molecule has 0 heterocycles. The van der Waals surface area contributed by atoms with Crippen LogP contribution in [0.3, 0.4) is 0 Å². The summed E-state index contributed by atoms with van der Waals surface area (Å²) in [5, 5.41) is 11.9. The number of aliphatic carboxylic acids is 1. The largest absolute Gasteiger partial charge is 0.480 e. The number of halogens is 1. The van der Waals surface area contributed by atoms with Crippen molar-refractivity contribution >= 4 is 23.5 Å². The number of carboxylic acid groups (broad SMARTS) is 1. The molecular weight excluding hydrogens is 242 g/mol. The van der Waals surface area contributed by atoms with E-state index in [-0.39, 0.29) is 12.3 Å². The minimum Gasteiger partial charge on any atom is -0.480 e. The fourth-order valence-electron chi connectivity index (χ4n) is 1.48. The lowest BCUT2D eigenvalue weighted by Gasteiger charge is -2.14. The van der Waals surface area contributed by atoms with Crippen molar-refractivity contribution in [2.45, 2.75) is 26.3 Å². The molecule has 2 N–H and O–H groups in total. The fraction of sp³-hybridized carbons (Fsp3) is 0.333. The van der Waals surface area contributed by atoms with E-state index in [2.05, 4.69) is 5.32 Å². The van der Waals surface area contributed by atoms with Gasteiger partial charge in [0.05, 0.1) is 0 Å². The molecule has 0 spiro atoms. The molecule has 1 atom stereocenters. The number of carboxylic acids is 1. The van der Waals surface area contributed by atoms with Gasteiger partial charge in [-0.25, -0.2) is 4.79 Å². The van der Waals surface area contributed by atoms with Gasteiger partial charge < -0.3 is 10.4 Å². The molecule has 0 unspecified atom stereocenters. The molecule has 0 aromatic heterocycles. The quantitative estimate of drug-likeness (QED) is 0.862. The summed E-state index contributed by atoms with van der Waals surface area (Å²) < 4.78 is 0. The molecule has 0 radical (unpaired) electrons. The van der Waals surface area contributed by atoms with Crippen LogP contribution in [-0.2, 0) is 16.0 Å². The second-order valence-corrected chi connectivity index (χ2v) is 4.30. The average Bonchev–Trinajstić information content (AvgIpc) is 2.19. The van der Waals surface area contributed by atoms with E-state index in [1.54, 1.807) is 12.1 Å². The third-order valence-electron chi connectivity index (χ3n) is 2.31. The summed E-state index contributed by atoms with van der Waals surface area (Å²) in [6, 6.07) is 4.44. The normalized spacial score (nSPS) is 11.9. The third-order valence-corrected chi connectivity index (χ3v) is 2.66. The van der Waals surface area contributed by atoms with Crippen molar-refractivity contribution in [1.82, 2.24) is 5.32 Å². The molecule has 0 saturated heterocycles. The molecule has 1 amide bonds. The van der Waals surface area contributed by atoms with Crippen LogP contribution in [-0.4, -0.2) is 23.0 Å². The molecule has 0 saturated carbocycles. The van der Waals surface area contributed by atoms with Gasteiger partial charge in [-0.15, -0.1) is 0 Å². The Hall–Kier alpha value is -1.55. The van der Waals surface area contributed by atoms with Crippen LogP contribution in [0.25, 0.3) is 0 Å². The van der Waals surface area contributed by atoms with Crippen LogP contribution < -0.4 is 5.32 Å². The summed E-state index contributed by atoms with van der Waals surface area (Å²) in [4.78, 5) is 21.8. The van der Waals surface area contributed by atoms with Gasteiger partial charge in [-0.1, -0.05) is 23.7 Å². The Labute approximate surface area is 105 Å². The number of nitrogens with one attached hydrogen (secondary N) is 1. The van der Waals surface area contributed by atoms with Gasteiger partial charge in [0.1, 0.15) is 6.04 Å². The van der Waals surface area contributed by atoms with Crippen molar-refractivity contribution in [1.29, 1.82) is 0 Å². The molecule has 1 rings (SSSR count). The highest BCUT2D eigenvalue weighted by Gasteiger charge is 2.19. The van der Waals surface area contributed by atoms with Crippen LogP contribution in [0.5, 0.6) is 0 Å². The molecule has 0 aliphatic rings. The van der Waals surface area contributed by atoms with Gasteiger partial charge >= 0.3 is 5.97 Å². The van der Waals surface area contributed by atoms with Gasteiger partial charge in [-0.2, -0.15) is 0 Å². The van der Waals surface area contributed by atoms with Crippen molar-refractivity contribution in [3.05, 3.63) is 34.3 Å². The van der Waals surface area contributed by atoms with Gasteiger partial charge in [0.15, 0.2) is 0 Å². The average molecular weight is 256 g/mol. The van der Waals surface area contributed by atoms with Crippen molar-refractivity contribution in [2.75, 3.05) is 0 Å². The highest BCUT2D eigenvalue weighted by Crippen LogP contribution is 2.19. The lowest BCUT2D eigenvalue weighted by Crippen LogP contribution is -2.41. The lowest BCUT2D eigenvalue weighted by atomic mass is 10.0. The zero-order valence-electron chi connectivity index (χ0n) is 9.66. The second-order valence-electron chi connectivity index (χ2n) is 3.89. The number of hydrogen-bond acceptors (Lipinski definition) is 2. The standard InChI is InChI=1S/C12H14ClNO3/c1-7-3-4-9(10(13)5-7)6-11(12(16)17)14-8(2)15/h3-5,11H,6H2,1-2H3,(H,14,15)(H,16,17)/t11-/m0/s1. The van der Waals surface area contributed by atoms with E-state index >= 15 is 0 Å². The topological polar surface area (TPSA) is 66.4 Å². The number of carbonyl (C=O) groups excluding carboxylic acids is 1. The number of benzene rings is 1. The maximum absolute atomic E-state index is 11.0. The zero-order chi connectivity index (χ0) is 13.0. The Bertz CT molecular complexity index is 445. The highest BCUT2D eigenvalue weighted by atomic mass is 35.5. The van der Waals surface area contributed by atoms with E-state index in [0.29, 0.717) is 10.6 Å². The Morgan fingerprint density at radius 3 is 2.59 bits per heavy atom. The molecule has 0 aliphatic carbocycles. The van der Waals surface area contributed by atoms with Gasteiger partial charge in [-0.3, -0.25) is 4.79 Å². The van der Waals surface area contributed by atoms with Crippen LogP contribution in [0.1, 0.15) is 18.1 Å². The first-order valence-electron chi connectivity index (χ1n) is 5.15. The molecule has 1 aromatic rings. The smallest absolute Gasteiger partial charge is 0.326 e. The molecule has 0 aliphatic heterocycles. The van der Waals surface area contributed by atoms with Crippen molar-refractivity contribution < 1.29 is 14.7 Å². The first-order valence-corrected chi connectivity index (χ1v) is 5.53. The van der Waals surface area contributed by atoms with Gasteiger partial charge in [0.2, 0.25) is 5.91 Å². The van der Waals surface area contributed by atoms with E-state index in [9.17, 15) is 9.59 Å². The maximum Gasteiger partial charge on any atom is 0.326 e. The predicted octanol–water partition coefficient (Wildman–Crippen LogP) is 1.78. The van der Waals surface area contributed by atoms with Crippen LogP contribution >= 0.6 is 11.6 Å². The molecule has 1 aromatic carbocycles. The molecular formula is C12H14ClNO3. The number of carbonyl (C=O) groups is 2. The van der Waals surface area contributed by atoms with E-state index in [1.807, 2.05) is 13.0 Å². The molecule has 4 nitrogen and oxygen atoms in total. The fourth-order valence-corrected chi connectivity index (χ4v) is 1.80. The number of rotatable bonds is 4. The van der Waals surface area contributed by atoms with Gasteiger partial charge in [-0.05, 0) is 24.1 Å². The summed E-state index contributed by atoms with van der Waals surface area (Å²) in [6.45, 7) is 3.19. The Morgan fingerprint density at radius 2 is 2.12 bits per heavy atom. The van der Waals surface area contributed by atoms with Gasteiger partial charge in [0.25, 0.3) is 0 Å². The minimum atomic E-state index is -1.07. The number of amides is 1. The predicted molar refractivity (Wildman–Crippen MR) is 65.1 cm³/mol. The Kier molecular flexibility index (Phi) is 4.52. The minimum absolute atomic E-state index is 0.175. The summed E-state index contributed by atoms with van der Waals surface area (Å²) in [6.07, 6.45) is 0.175. The van der Waals surface area contributed by atoms with Crippen molar-refractivity contribution in [3.63, 3.8) is 0 Å². The van der Waals surface area contributed by atoms with E-state index in [0.717, 1.165) is 5.56 Å². The van der Waals surface area contributed by atoms with Crippen molar-refractivity contribution in [2.24, 2.45) is 0 Å². The van der Waals surface area contributed by atoms with E-state index in [1.165, 1.54) is 6.92 Å². The maximum atomic E-state index is 11.0. The summed E-state index contributed by atoms with van der Waals surface area (Å²) in [7, 11) is 0. The molecule has 17 heavy (non-hydrogen) atoms. The Balaban J connectivity index is 2.86. The summed E-state index contributed by atoms with van der Waals surface area (Å²) in [5.41, 5.74) is 1.71. The first-order chi connectivity index (χ1) is 7.90. The summed E-state index contributed by atoms with van der Waals surface area (Å²) >= 11 is 6.01. The van der Waals surface area contributed by atoms with E-state index in [4.69, 9.17) is 16.7 Å². The SMILES string of the molecule is CC(=O)N[C@@H](Cc1ccc(C)cc1Cl)C(=O)O. The molecule has 5 heteroatoms. The lowest BCUT2D eigenvalue weighted by molar-refractivity contribution is -0.141.